The van der Waals surface area contributed by atoms with Crippen molar-refractivity contribution < 1.29 is 33.7 Å². The van der Waals surface area contributed by atoms with Crippen LogP contribution >= 0.6 is 0 Å². The lowest BCUT2D eigenvalue weighted by Gasteiger charge is -2.34. The lowest BCUT2D eigenvalue weighted by atomic mass is 9.95. The number of aliphatic hydroxyl groups is 1. The molecule has 0 aromatic carbocycles. The summed E-state index contributed by atoms with van der Waals surface area (Å²) in [7, 11) is 0. The number of carbonyl (C=O) groups excluding carboxylic acids is 3. The fourth-order valence-corrected chi connectivity index (χ4v) is 1.75. The van der Waals surface area contributed by atoms with Gasteiger partial charge in [0.05, 0.1) is 0 Å². The Morgan fingerprint density at radius 3 is 1.74 bits per heavy atom. The Morgan fingerprint density at radius 1 is 0.842 bits per heavy atom. The molecule has 0 fully saturated rings. The standard InChI is InChI=1S/C12H16O7/c1-6(13)17-9-4-5-10(18-7(2)14)12(11(9)16)19-8(3)15/h4-5,9-12,16H,1-3H3/t9-,10-,11+,12-/m1/s1. The molecule has 0 unspecified atom stereocenters. The van der Waals surface area contributed by atoms with Crippen LogP contribution in [0.2, 0.25) is 0 Å². The molecule has 0 bridgehead atoms. The SMILES string of the molecule is CC(=O)O[C@H]1[C@@H](O)[C@H](OC(C)=O)C=C[C@H]1OC(C)=O. The normalized spacial score (nSPS) is 29.5. The second kappa shape index (κ2) is 6.33. The van der Waals surface area contributed by atoms with E-state index in [1.54, 1.807) is 0 Å². The van der Waals surface area contributed by atoms with Gasteiger partial charge < -0.3 is 19.3 Å². The highest BCUT2D eigenvalue weighted by Crippen LogP contribution is 2.22. The molecule has 0 aliphatic heterocycles. The monoisotopic (exact) mass is 272 g/mol. The van der Waals surface area contributed by atoms with E-state index in [4.69, 9.17) is 14.2 Å². The average molecular weight is 272 g/mol. The van der Waals surface area contributed by atoms with Crippen molar-refractivity contribution in [2.75, 3.05) is 0 Å². The van der Waals surface area contributed by atoms with Gasteiger partial charge in [0.25, 0.3) is 0 Å². The molecule has 106 valence electrons. The predicted octanol–water partition coefficient (Wildman–Crippen LogP) is -0.288. The van der Waals surface area contributed by atoms with E-state index in [2.05, 4.69) is 0 Å². The zero-order valence-corrected chi connectivity index (χ0v) is 10.9. The van der Waals surface area contributed by atoms with Gasteiger partial charge in [0.1, 0.15) is 12.2 Å². The number of rotatable bonds is 3. The molecule has 0 heterocycles. The van der Waals surface area contributed by atoms with E-state index in [1.807, 2.05) is 0 Å². The van der Waals surface area contributed by atoms with Gasteiger partial charge in [0.2, 0.25) is 0 Å². The number of aliphatic hydroxyl groups excluding tert-OH is 1. The number of hydrogen-bond acceptors (Lipinski definition) is 7. The summed E-state index contributed by atoms with van der Waals surface area (Å²) >= 11 is 0. The van der Waals surface area contributed by atoms with Crippen LogP contribution in [0.15, 0.2) is 12.2 Å². The van der Waals surface area contributed by atoms with Crippen molar-refractivity contribution in [1.82, 2.24) is 0 Å². The summed E-state index contributed by atoms with van der Waals surface area (Å²) in [5.74, 6) is -1.80. The second-order valence-corrected chi connectivity index (χ2v) is 4.10. The second-order valence-electron chi connectivity index (χ2n) is 4.10. The van der Waals surface area contributed by atoms with Crippen molar-refractivity contribution in [3.8, 4) is 0 Å². The molecule has 0 aromatic heterocycles. The van der Waals surface area contributed by atoms with Crippen LogP contribution in [0.25, 0.3) is 0 Å². The summed E-state index contributed by atoms with van der Waals surface area (Å²) in [6, 6.07) is 0. The van der Waals surface area contributed by atoms with Gasteiger partial charge in [0.15, 0.2) is 12.2 Å². The molecule has 1 aliphatic rings. The molecule has 1 N–H and O–H groups in total. The molecular formula is C12H16O7. The van der Waals surface area contributed by atoms with E-state index in [0.717, 1.165) is 6.92 Å². The topological polar surface area (TPSA) is 99.1 Å². The lowest BCUT2D eigenvalue weighted by Crippen LogP contribution is -2.51. The largest absolute Gasteiger partial charge is 0.455 e. The maximum Gasteiger partial charge on any atom is 0.303 e. The highest BCUT2D eigenvalue weighted by atomic mass is 16.6. The molecular weight excluding hydrogens is 256 g/mol. The first kappa shape index (κ1) is 15.2. The fraction of sp³-hybridized carbons (Fsp3) is 0.583. The van der Waals surface area contributed by atoms with E-state index in [0.29, 0.717) is 0 Å². The summed E-state index contributed by atoms with van der Waals surface area (Å²) in [5.41, 5.74) is 0. The molecule has 7 nitrogen and oxygen atoms in total. The minimum atomic E-state index is -1.30. The van der Waals surface area contributed by atoms with Gasteiger partial charge in [-0.2, -0.15) is 0 Å². The summed E-state index contributed by atoms with van der Waals surface area (Å²) in [6.07, 6.45) is -1.48. The van der Waals surface area contributed by atoms with Crippen LogP contribution in [0.4, 0.5) is 0 Å². The number of hydrogen-bond donors (Lipinski definition) is 1. The molecule has 0 spiro atoms. The van der Waals surface area contributed by atoms with Crippen LogP contribution in [-0.2, 0) is 28.6 Å². The van der Waals surface area contributed by atoms with Crippen LogP contribution in [0.3, 0.4) is 0 Å². The summed E-state index contributed by atoms with van der Waals surface area (Å²) in [6.45, 7) is 3.56. The maximum absolute atomic E-state index is 11.0. The maximum atomic E-state index is 11.0. The number of ether oxygens (including phenoxy) is 3. The molecule has 0 saturated heterocycles. The van der Waals surface area contributed by atoms with Crippen molar-refractivity contribution in [3.05, 3.63) is 12.2 Å². The van der Waals surface area contributed by atoms with E-state index in [1.165, 1.54) is 26.0 Å². The third-order valence-corrected chi connectivity index (χ3v) is 2.39. The first-order valence-electron chi connectivity index (χ1n) is 5.69. The molecule has 0 radical (unpaired) electrons. The first-order chi connectivity index (χ1) is 8.81. The number of carbonyl (C=O) groups is 3. The molecule has 1 aliphatic carbocycles. The summed E-state index contributed by atoms with van der Waals surface area (Å²) in [4.78, 5) is 32.8. The highest BCUT2D eigenvalue weighted by molar-refractivity contribution is 5.68. The smallest absolute Gasteiger partial charge is 0.303 e. The van der Waals surface area contributed by atoms with Crippen LogP contribution in [0.1, 0.15) is 20.8 Å². The Balaban J connectivity index is 2.89. The molecule has 0 saturated carbocycles. The third-order valence-electron chi connectivity index (χ3n) is 2.39. The quantitative estimate of drug-likeness (QED) is 0.428. The van der Waals surface area contributed by atoms with Gasteiger partial charge in [-0.1, -0.05) is 0 Å². The summed E-state index contributed by atoms with van der Waals surface area (Å²) in [5, 5.41) is 10.0. The highest BCUT2D eigenvalue weighted by Gasteiger charge is 2.41. The minimum Gasteiger partial charge on any atom is -0.455 e. The Morgan fingerprint density at radius 2 is 1.26 bits per heavy atom. The van der Waals surface area contributed by atoms with Crippen LogP contribution in [0, 0.1) is 0 Å². The van der Waals surface area contributed by atoms with Crippen molar-refractivity contribution in [3.63, 3.8) is 0 Å². The lowest BCUT2D eigenvalue weighted by molar-refractivity contribution is -0.182. The van der Waals surface area contributed by atoms with Crippen LogP contribution < -0.4 is 0 Å². The first-order valence-corrected chi connectivity index (χ1v) is 5.69. The molecule has 0 aromatic rings. The molecule has 7 heteroatoms. The Hall–Kier alpha value is -1.89. The van der Waals surface area contributed by atoms with Gasteiger partial charge >= 0.3 is 17.9 Å². The van der Waals surface area contributed by atoms with Gasteiger partial charge in [-0.15, -0.1) is 0 Å². The van der Waals surface area contributed by atoms with Crippen molar-refractivity contribution in [1.29, 1.82) is 0 Å². The van der Waals surface area contributed by atoms with E-state index >= 15 is 0 Å². The van der Waals surface area contributed by atoms with Crippen molar-refractivity contribution in [2.45, 2.75) is 45.2 Å². The number of esters is 3. The predicted molar refractivity (Wildman–Crippen MR) is 61.8 cm³/mol. The van der Waals surface area contributed by atoms with Gasteiger partial charge in [0, 0.05) is 20.8 Å². The fourth-order valence-electron chi connectivity index (χ4n) is 1.75. The molecule has 19 heavy (non-hydrogen) atoms. The molecule has 1 rings (SSSR count). The zero-order chi connectivity index (χ0) is 14.6. The van der Waals surface area contributed by atoms with Crippen molar-refractivity contribution in [2.24, 2.45) is 0 Å². The van der Waals surface area contributed by atoms with Crippen LogP contribution in [0.5, 0.6) is 0 Å². The molecule has 4 atom stereocenters. The van der Waals surface area contributed by atoms with E-state index < -0.39 is 42.3 Å². The van der Waals surface area contributed by atoms with Gasteiger partial charge in [-0.3, -0.25) is 14.4 Å². The summed E-state index contributed by atoms with van der Waals surface area (Å²) < 4.78 is 14.7. The van der Waals surface area contributed by atoms with Gasteiger partial charge in [-0.25, -0.2) is 0 Å². The van der Waals surface area contributed by atoms with Crippen LogP contribution in [-0.4, -0.2) is 47.4 Å². The Labute approximate surface area is 110 Å². The van der Waals surface area contributed by atoms with Crippen molar-refractivity contribution >= 4 is 17.9 Å². The van der Waals surface area contributed by atoms with Gasteiger partial charge in [-0.05, 0) is 12.2 Å². The zero-order valence-electron chi connectivity index (χ0n) is 10.9. The minimum absolute atomic E-state index is 0.579. The Kier molecular flexibility index (Phi) is 5.05. The van der Waals surface area contributed by atoms with E-state index in [-0.39, 0.29) is 0 Å². The Bertz CT molecular complexity index is 401. The third kappa shape index (κ3) is 4.36. The molecule has 0 amide bonds. The average Bonchev–Trinajstić information content (AvgIpc) is 2.26. The van der Waals surface area contributed by atoms with E-state index in [9.17, 15) is 19.5 Å².